The Morgan fingerprint density at radius 2 is 1.85 bits per heavy atom. The molecule has 3 aliphatic rings. The molecule has 2 saturated heterocycles. The zero-order valence-corrected chi connectivity index (χ0v) is 12.1. The molecule has 20 heavy (non-hydrogen) atoms. The van der Waals surface area contributed by atoms with Gasteiger partial charge in [-0.1, -0.05) is 12.1 Å². The van der Waals surface area contributed by atoms with Crippen LogP contribution in [0.4, 0.5) is 0 Å². The van der Waals surface area contributed by atoms with Crippen molar-refractivity contribution in [1.82, 2.24) is 10.2 Å². The van der Waals surface area contributed by atoms with E-state index in [9.17, 15) is 8.42 Å². The van der Waals surface area contributed by atoms with Gasteiger partial charge in [0.25, 0.3) is 0 Å². The average Bonchev–Trinajstić information content (AvgIpc) is 2.74. The first kappa shape index (κ1) is 12.6. The standard InChI is InChI=1S/C11H13N3O4S2/c15-20(16)17-19(18-20)10-4-2-1-3-9(10)11(13-19)14-7-5-12-6-8-14/h1-4,12H,5-8H2. The third-order valence-corrected chi connectivity index (χ3v) is 7.51. The normalized spacial score (nSPS) is 27.6. The monoisotopic (exact) mass is 315 g/mol. The minimum absolute atomic E-state index is 0.725. The first-order valence-corrected chi connectivity index (χ1v) is 9.02. The highest BCUT2D eigenvalue weighted by molar-refractivity contribution is 8.36. The van der Waals surface area contributed by atoms with E-state index in [1.54, 1.807) is 0 Å². The van der Waals surface area contributed by atoms with Crippen molar-refractivity contribution in [1.29, 1.82) is 0 Å². The van der Waals surface area contributed by atoms with E-state index in [-0.39, 0.29) is 0 Å². The van der Waals surface area contributed by atoms with Crippen LogP contribution in [-0.2, 0) is 17.7 Å². The molecule has 1 aromatic rings. The molecule has 1 aromatic carbocycles. The van der Waals surface area contributed by atoms with Crippen molar-refractivity contribution < 1.29 is 15.7 Å². The average molecular weight is 315 g/mol. The van der Waals surface area contributed by atoms with Gasteiger partial charge >= 0.3 is 10.4 Å². The lowest BCUT2D eigenvalue weighted by Gasteiger charge is -2.40. The minimum atomic E-state index is -3.87. The summed E-state index contributed by atoms with van der Waals surface area (Å²) in [7, 11) is -6.36. The summed E-state index contributed by atoms with van der Waals surface area (Å²) in [4.78, 5) is 2.86. The van der Waals surface area contributed by atoms with Crippen LogP contribution in [-0.4, -0.2) is 45.3 Å². The predicted octanol–water partition coefficient (Wildman–Crippen LogP) is 0.552. The number of fused-ring (bicyclic) bond motifs is 2. The first-order chi connectivity index (χ1) is 9.60. The molecule has 0 bridgehead atoms. The largest absolute Gasteiger partial charge is 0.440 e. The lowest BCUT2D eigenvalue weighted by Crippen LogP contribution is -2.46. The molecular weight excluding hydrogens is 302 g/mol. The van der Waals surface area contributed by atoms with E-state index in [2.05, 4.69) is 14.6 Å². The third kappa shape index (κ3) is 1.78. The maximum atomic E-state index is 11.2. The highest BCUT2D eigenvalue weighted by atomic mass is 32.4. The summed E-state index contributed by atoms with van der Waals surface area (Å²) >= 11 is 0. The van der Waals surface area contributed by atoms with Crippen molar-refractivity contribution >= 4 is 27.0 Å². The molecule has 1 spiro atoms. The summed E-state index contributed by atoms with van der Waals surface area (Å²) in [5.41, 5.74) is 0.902. The molecule has 0 amide bonds. The molecule has 0 unspecified atom stereocenters. The van der Waals surface area contributed by atoms with E-state index in [0.29, 0.717) is 0 Å². The highest BCUT2D eigenvalue weighted by Crippen LogP contribution is 2.72. The molecule has 7 nitrogen and oxygen atoms in total. The number of hydrogen-bond donors (Lipinski definition) is 1. The highest BCUT2D eigenvalue weighted by Gasteiger charge is 2.52. The second-order valence-electron chi connectivity index (χ2n) is 4.67. The third-order valence-electron chi connectivity index (χ3n) is 3.38. The summed E-state index contributed by atoms with van der Waals surface area (Å²) in [6, 6.07) is 7.48. The molecule has 108 valence electrons. The van der Waals surface area contributed by atoms with Crippen molar-refractivity contribution in [2.24, 2.45) is 4.40 Å². The van der Waals surface area contributed by atoms with Gasteiger partial charge in [0.1, 0.15) is 0 Å². The van der Waals surface area contributed by atoms with E-state index < -0.39 is 21.2 Å². The number of nitrogens with one attached hydrogen (secondary N) is 1. The van der Waals surface area contributed by atoms with E-state index in [1.807, 2.05) is 24.3 Å². The Morgan fingerprint density at radius 3 is 2.55 bits per heavy atom. The van der Waals surface area contributed by atoms with Crippen LogP contribution in [0.15, 0.2) is 33.6 Å². The second kappa shape index (κ2) is 4.18. The molecule has 3 heterocycles. The maximum absolute atomic E-state index is 11.2. The Labute approximate surface area is 118 Å². The van der Waals surface area contributed by atoms with Crippen LogP contribution in [0.3, 0.4) is 0 Å². The van der Waals surface area contributed by atoms with Crippen LogP contribution in [0.25, 0.3) is 0 Å². The predicted molar refractivity (Wildman–Crippen MR) is 74.4 cm³/mol. The second-order valence-corrected chi connectivity index (χ2v) is 8.15. The van der Waals surface area contributed by atoms with Gasteiger partial charge in [-0.15, -0.1) is 11.7 Å². The van der Waals surface area contributed by atoms with Crippen LogP contribution in [0.5, 0.6) is 0 Å². The summed E-state index contributed by atoms with van der Waals surface area (Å²) in [5.74, 6) is 0.770. The topological polar surface area (TPSA) is 80.2 Å². The lowest BCUT2D eigenvalue weighted by molar-refractivity contribution is 0.342. The molecule has 2 fully saturated rings. The van der Waals surface area contributed by atoms with E-state index >= 15 is 0 Å². The summed E-state index contributed by atoms with van der Waals surface area (Å²) in [5, 5.41) is 3.28. The number of piperazine rings is 1. The number of amidine groups is 1. The SMILES string of the molecule is O=S1(=O)OS2(N=C(N3CCNCC3)c3ccccc32)O1. The summed E-state index contributed by atoms with van der Waals surface area (Å²) < 4.78 is 37.0. The molecule has 3 aliphatic heterocycles. The Morgan fingerprint density at radius 1 is 1.15 bits per heavy atom. The molecule has 9 heteroatoms. The van der Waals surface area contributed by atoms with Gasteiger partial charge in [-0.05, 0) is 22.9 Å². The molecular formula is C11H13N3O4S2. The Bertz CT molecular complexity index is 685. The fraction of sp³-hybridized carbons (Fsp3) is 0.364. The zero-order valence-electron chi connectivity index (χ0n) is 10.5. The summed E-state index contributed by atoms with van der Waals surface area (Å²) in [6.45, 7) is 3.41. The zero-order chi connectivity index (χ0) is 13.8. The van der Waals surface area contributed by atoms with Crippen molar-refractivity contribution in [3.8, 4) is 0 Å². The van der Waals surface area contributed by atoms with Crippen molar-refractivity contribution in [2.45, 2.75) is 4.90 Å². The van der Waals surface area contributed by atoms with Crippen molar-refractivity contribution in [3.05, 3.63) is 29.8 Å². The van der Waals surface area contributed by atoms with Gasteiger partial charge < -0.3 is 10.2 Å². The van der Waals surface area contributed by atoms with Crippen LogP contribution in [0.1, 0.15) is 5.56 Å². The minimum Gasteiger partial charge on any atom is -0.352 e. The fourth-order valence-electron chi connectivity index (χ4n) is 2.53. The van der Waals surface area contributed by atoms with Gasteiger partial charge in [0.05, 0.1) is 4.90 Å². The van der Waals surface area contributed by atoms with Crippen LogP contribution < -0.4 is 5.32 Å². The molecule has 0 saturated carbocycles. The lowest BCUT2D eigenvalue weighted by atomic mass is 10.2. The Hall–Kier alpha value is -1.13. The number of benzene rings is 1. The molecule has 0 aromatic heterocycles. The summed E-state index contributed by atoms with van der Waals surface area (Å²) in [6.07, 6.45) is 0. The molecule has 4 rings (SSSR count). The molecule has 0 atom stereocenters. The van der Waals surface area contributed by atoms with E-state index in [4.69, 9.17) is 7.26 Å². The van der Waals surface area contributed by atoms with E-state index in [1.165, 1.54) is 0 Å². The quantitative estimate of drug-likeness (QED) is 0.753. The van der Waals surface area contributed by atoms with Gasteiger partial charge in [-0.3, -0.25) is 0 Å². The van der Waals surface area contributed by atoms with Crippen LogP contribution in [0, 0.1) is 0 Å². The van der Waals surface area contributed by atoms with Gasteiger partial charge in [0.15, 0.2) is 5.84 Å². The number of rotatable bonds is 0. The first-order valence-electron chi connectivity index (χ1n) is 6.25. The van der Waals surface area contributed by atoms with Crippen LogP contribution in [0.2, 0.25) is 0 Å². The van der Waals surface area contributed by atoms with Crippen LogP contribution >= 0.6 is 10.8 Å². The molecule has 1 N–H and O–H groups in total. The van der Waals surface area contributed by atoms with Gasteiger partial charge in [-0.2, -0.15) is 8.42 Å². The molecule has 0 radical (unpaired) electrons. The van der Waals surface area contributed by atoms with E-state index in [0.717, 1.165) is 42.5 Å². The Kier molecular flexibility index (Phi) is 2.63. The fourth-order valence-corrected chi connectivity index (χ4v) is 6.43. The van der Waals surface area contributed by atoms with Gasteiger partial charge in [0.2, 0.25) is 0 Å². The maximum Gasteiger partial charge on any atom is 0.440 e. The van der Waals surface area contributed by atoms with Gasteiger partial charge in [0, 0.05) is 31.7 Å². The van der Waals surface area contributed by atoms with Gasteiger partial charge in [-0.25, -0.2) is 0 Å². The van der Waals surface area contributed by atoms with Crippen molar-refractivity contribution in [3.63, 3.8) is 0 Å². The molecule has 0 aliphatic carbocycles. The van der Waals surface area contributed by atoms with Crippen molar-refractivity contribution in [2.75, 3.05) is 26.2 Å². The smallest absolute Gasteiger partial charge is 0.352 e. The number of hydrogen-bond acceptors (Lipinski definition) is 7. The number of nitrogens with zero attached hydrogens (tertiary/aromatic N) is 2. The Balaban J connectivity index is 1.78.